The molecule has 2 heterocycles. The molecule has 3 rings (SSSR count). The summed E-state index contributed by atoms with van der Waals surface area (Å²) in [7, 11) is 4.06. The number of hydrogen-bond donors (Lipinski definition) is 2. The fraction of sp³-hybridized carbons (Fsp3) is 0.435. The van der Waals surface area contributed by atoms with Gasteiger partial charge in [0.15, 0.2) is 5.76 Å². The second-order valence-corrected chi connectivity index (χ2v) is 7.78. The van der Waals surface area contributed by atoms with Gasteiger partial charge in [-0.25, -0.2) is 4.79 Å². The minimum atomic E-state index is -0.937. The molecule has 0 aliphatic carbocycles. The Bertz CT molecular complexity index is 968. The van der Waals surface area contributed by atoms with Crippen LogP contribution in [0.1, 0.15) is 61.3 Å². The summed E-state index contributed by atoms with van der Waals surface area (Å²) in [5, 5.41) is 11.0. The highest BCUT2D eigenvalue weighted by Gasteiger charge is 2.31. The number of aromatic nitrogens is 1. The van der Waals surface area contributed by atoms with Gasteiger partial charge in [0.1, 0.15) is 11.3 Å². The minimum absolute atomic E-state index is 0.0435. The number of aromatic amines is 1. The van der Waals surface area contributed by atoms with Crippen LogP contribution < -0.4 is 0 Å². The van der Waals surface area contributed by atoms with Crippen molar-refractivity contribution in [3.63, 3.8) is 0 Å². The lowest BCUT2D eigenvalue weighted by Gasteiger charge is -2.26. The Labute approximate surface area is 166 Å². The Morgan fingerprint density at radius 1 is 1.25 bits per heavy atom. The molecule has 5 heteroatoms. The fourth-order valence-electron chi connectivity index (χ4n) is 3.88. The Morgan fingerprint density at radius 3 is 2.57 bits per heavy atom. The molecule has 0 amide bonds. The van der Waals surface area contributed by atoms with Gasteiger partial charge in [-0.05, 0) is 38.9 Å². The van der Waals surface area contributed by atoms with Gasteiger partial charge < -0.3 is 14.5 Å². The van der Waals surface area contributed by atoms with Gasteiger partial charge in [-0.1, -0.05) is 45.4 Å². The van der Waals surface area contributed by atoms with E-state index in [-0.39, 0.29) is 6.04 Å². The van der Waals surface area contributed by atoms with Crippen molar-refractivity contribution >= 4 is 16.9 Å². The molecule has 2 aromatic heterocycles. The number of nitrogens with one attached hydrogen (secondary N) is 1. The number of aromatic carboxylic acids is 1. The van der Waals surface area contributed by atoms with Gasteiger partial charge >= 0.3 is 5.97 Å². The molecule has 0 saturated heterocycles. The number of furan rings is 1. The van der Waals surface area contributed by atoms with Crippen molar-refractivity contribution in [1.82, 2.24) is 9.88 Å². The monoisotopic (exact) mass is 382 g/mol. The molecular weight excluding hydrogens is 352 g/mol. The summed E-state index contributed by atoms with van der Waals surface area (Å²) >= 11 is 0. The van der Waals surface area contributed by atoms with Crippen LogP contribution in [0.4, 0.5) is 0 Å². The number of carboxylic acids is 1. The molecule has 3 aromatic rings. The summed E-state index contributed by atoms with van der Waals surface area (Å²) in [4.78, 5) is 17.6. The van der Waals surface area contributed by atoms with Crippen molar-refractivity contribution in [2.24, 2.45) is 5.92 Å². The van der Waals surface area contributed by atoms with E-state index in [4.69, 9.17) is 4.42 Å². The zero-order valence-electron chi connectivity index (χ0n) is 17.4. The Balaban J connectivity index is 2.23. The maximum Gasteiger partial charge on any atom is 0.339 e. The number of fused-ring (bicyclic) bond motifs is 1. The van der Waals surface area contributed by atoms with E-state index in [1.54, 1.807) is 0 Å². The van der Waals surface area contributed by atoms with Crippen LogP contribution in [0.5, 0.6) is 0 Å². The van der Waals surface area contributed by atoms with Crippen LogP contribution in [0.2, 0.25) is 0 Å². The third kappa shape index (κ3) is 3.59. The minimum Gasteiger partial charge on any atom is -0.478 e. The number of carboxylic acid groups (broad SMARTS) is 1. The predicted octanol–water partition coefficient (Wildman–Crippen LogP) is 5.73. The van der Waals surface area contributed by atoms with Crippen LogP contribution >= 0.6 is 0 Å². The average molecular weight is 383 g/mol. The largest absolute Gasteiger partial charge is 0.478 e. The maximum absolute atomic E-state index is 12.2. The average Bonchev–Trinajstić information content (AvgIpc) is 3.26. The van der Waals surface area contributed by atoms with E-state index in [1.165, 1.54) is 0 Å². The maximum atomic E-state index is 12.2. The fourth-order valence-corrected chi connectivity index (χ4v) is 3.88. The van der Waals surface area contributed by atoms with Gasteiger partial charge in [-0.3, -0.25) is 4.90 Å². The summed E-state index contributed by atoms with van der Waals surface area (Å²) in [6.45, 7) is 6.40. The van der Waals surface area contributed by atoms with Gasteiger partial charge in [0, 0.05) is 28.2 Å². The molecule has 0 radical (unpaired) electrons. The Kier molecular flexibility index (Phi) is 5.94. The van der Waals surface area contributed by atoms with Crippen LogP contribution in [0.15, 0.2) is 34.9 Å². The molecule has 0 spiro atoms. The lowest BCUT2D eigenvalue weighted by Crippen LogP contribution is -2.22. The molecule has 0 fully saturated rings. The van der Waals surface area contributed by atoms with E-state index in [1.807, 2.05) is 51.5 Å². The van der Waals surface area contributed by atoms with Gasteiger partial charge in [-0.15, -0.1) is 0 Å². The first-order valence-corrected chi connectivity index (χ1v) is 10.0. The molecule has 2 atom stereocenters. The SMILES string of the molecule is CCc1c(C(CC(C)CC)N(C)C)oc(-c2c[nH]c3ccccc23)c1C(=O)O. The summed E-state index contributed by atoms with van der Waals surface area (Å²) in [5.74, 6) is 0.818. The van der Waals surface area contributed by atoms with Crippen molar-refractivity contribution in [3.05, 3.63) is 47.3 Å². The Hall–Kier alpha value is -2.53. The number of benzene rings is 1. The highest BCUT2D eigenvalue weighted by Crippen LogP contribution is 2.41. The van der Waals surface area contributed by atoms with Crippen molar-refractivity contribution in [2.75, 3.05) is 14.1 Å². The molecule has 0 saturated carbocycles. The lowest BCUT2D eigenvalue weighted by molar-refractivity contribution is 0.0696. The molecule has 0 aliphatic rings. The van der Waals surface area contributed by atoms with Crippen molar-refractivity contribution < 1.29 is 14.3 Å². The highest BCUT2D eigenvalue weighted by atomic mass is 16.4. The normalized spacial score (nSPS) is 13.9. The topological polar surface area (TPSA) is 69.5 Å². The first-order valence-electron chi connectivity index (χ1n) is 10.0. The van der Waals surface area contributed by atoms with Crippen molar-refractivity contribution in [2.45, 2.75) is 46.1 Å². The number of nitrogens with zero attached hydrogens (tertiary/aromatic N) is 1. The second-order valence-electron chi connectivity index (χ2n) is 7.78. The van der Waals surface area contributed by atoms with Crippen molar-refractivity contribution in [3.8, 4) is 11.3 Å². The predicted molar refractivity (Wildman–Crippen MR) is 113 cm³/mol. The quantitative estimate of drug-likeness (QED) is 0.522. The molecule has 0 aliphatic heterocycles. The van der Waals surface area contributed by atoms with Gasteiger partial charge in [0.05, 0.1) is 6.04 Å². The summed E-state index contributed by atoms with van der Waals surface area (Å²) in [6, 6.07) is 7.93. The number of para-hydroxylation sites is 1. The van der Waals surface area contributed by atoms with Gasteiger partial charge in [-0.2, -0.15) is 0 Å². The molecule has 2 N–H and O–H groups in total. The van der Waals surface area contributed by atoms with E-state index in [0.29, 0.717) is 23.7 Å². The third-order valence-electron chi connectivity index (χ3n) is 5.69. The van der Waals surface area contributed by atoms with Gasteiger partial charge in [0.25, 0.3) is 0 Å². The van der Waals surface area contributed by atoms with Crippen LogP contribution in [-0.2, 0) is 6.42 Å². The molecular formula is C23H30N2O3. The number of hydrogen-bond acceptors (Lipinski definition) is 3. The molecule has 1 aromatic carbocycles. The smallest absolute Gasteiger partial charge is 0.339 e. The molecule has 2 unspecified atom stereocenters. The first-order chi connectivity index (χ1) is 13.4. The zero-order chi connectivity index (χ0) is 20.4. The van der Waals surface area contributed by atoms with E-state index in [2.05, 4.69) is 23.7 Å². The summed E-state index contributed by atoms with van der Waals surface area (Å²) < 4.78 is 6.38. The molecule has 0 bridgehead atoms. The zero-order valence-corrected chi connectivity index (χ0v) is 17.4. The lowest BCUT2D eigenvalue weighted by atomic mass is 9.93. The first kappa shape index (κ1) is 20.2. The third-order valence-corrected chi connectivity index (χ3v) is 5.69. The highest BCUT2D eigenvalue weighted by molar-refractivity contribution is 6.02. The van der Waals surface area contributed by atoms with Crippen molar-refractivity contribution in [1.29, 1.82) is 0 Å². The summed E-state index contributed by atoms with van der Waals surface area (Å²) in [6.07, 6.45) is 4.47. The Morgan fingerprint density at radius 2 is 1.96 bits per heavy atom. The summed E-state index contributed by atoms with van der Waals surface area (Å²) in [5.41, 5.74) is 2.86. The molecule has 28 heavy (non-hydrogen) atoms. The second kappa shape index (κ2) is 8.23. The van der Waals surface area contributed by atoms with E-state index < -0.39 is 5.97 Å². The number of H-pyrrole nitrogens is 1. The van der Waals surface area contributed by atoms with Crippen LogP contribution in [0.3, 0.4) is 0 Å². The molecule has 150 valence electrons. The molecule has 5 nitrogen and oxygen atoms in total. The van der Waals surface area contributed by atoms with E-state index in [9.17, 15) is 9.90 Å². The van der Waals surface area contributed by atoms with Crippen LogP contribution in [-0.4, -0.2) is 35.1 Å². The number of rotatable bonds is 8. The van der Waals surface area contributed by atoms with Crippen LogP contribution in [0.25, 0.3) is 22.2 Å². The van der Waals surface area contributed by atoms with Crippen LogP contribution in [0, 0.1) is 5.92 Å². The van der Waals surface area contributed by atoms with E-state index in [0.717, 1.165) is 40.6 Å². The van der Waals surface area contributed by atoms with Gasteiger partial charge in [0.2, 0.25) is 0 Å². The van der Waals surface area contributed by atoms with E-state index >= 15 is 0 Å². The standard InChI is InChI=1S/C23H30N2O3/c1-6-14(3)12-19(25(4)5)21-15(7-2)20(23(26)27)22(28-21)17-13-24-18-11-9-8-10-16(17)18/h8-11,13-14,19,24H,6-7,12H2,1-5H3,(H,26,27). The number of carbonyl (C=O) groups is 1.